The van der Waals surface area contributed by atoms with E-state index in [-0.39, 0.29) is 0 Å². The van der Waals surface area contributed by atoms with Gasteiger partial charge in [0.15, 0.2) is 5.67 Å². The Balaban J connectivity index is 2.17. The summed E-state index contributed by atoms with van der Waals surface area (Å²) in [4.78, 5) is 0. The van der Waals surface area contributed by atoms with Gasteiger partial charge in [0.25, 0.3) is 0 Å². The minimum atomic E-state index is -1.39. The van der Waals surface area contributed by atoms with E-state index in [4.69, 9.17) is 0 Å². The molecule has 1 aromatic heterocycles. The SMILES string of the molecule is CC(C)(F)c1cn(C2CNC2)nn1. The van der Waals surface area contributed by atoms with Crippen molar-refractivity contribution < 1.29 is 4.39 Å². The second-order valence-corrected chi connectivity index (χ2v) is 3.87. The highest BCUT2D eigenvalue weighted by Crippen LogP contribution is 2.22. The molecular formula is C8H13FN4. The molecule has 0 aromatic carbocycles. The van der Waals surface area contributed by atoms with Gasteiger partial charge in [0.1, 0.15) is 5.69 Å². The highest BCUT2D eigenvalue weighted by Gasteiger charge is 2.26. The molecule has 1 aliphatic rings. The Morgan fingerprint density at radius 3 is 2.69 bits per heavy atom. The molecule has 4 nitrogen and oxygen atoms in total. The summed E-state index contributed by atoms with van der Waals surface area (Å²) in [6, 6.07) is 0.351. The number of rotatable bonds is 2. The normalized spacial score (nSPS) is 18.7. The van der Waals surface area contributed by atoms with Gasteiger partial charge in [0, 0.05) is 13.1 Å². The second-order valence-electron chi connectivity index (χ2n) is 3.87. The Morgan fingerprint density at radius 1 is 1.62 bits per heavy atom. The van der Waals surface area contributed by atoms with Gasteiger partial charge in [0.05, 0.1) is 12.2 Å². The van der Waals surface area contributed by atoms with Crippen LogP contribution in [0.25, 0.3) is 0 Å². The van der Waals surface area contributed by atoms with Crippen molar-refractivity contribution in [3.8, 4) is 0 Å². The van der Waals surface area contributed by atoms with Crippen LogP contribution in [0, 0.1) is 0 Å². The van der Waals surface area contributed by atoms with Gasteiger partial charge >= 0.3 is 0 Å². The topological polar surface area (TPSA) is 42.7 Å². The summed E-state index contributed by atoms with van der Waals surface area (Å²) in [5.41, 5.74) is -0.991. The first kappa shape index (κ1) is 8.62. The molecule has 0 saturated carbocycles. The zero-order valence-corrected chi connectivity index (χ0v) is 7.79. The van der Waals surface area contributed by atoms with E-state index < -0.39 is 5.67 Å². The zero-order chi connectivity index (χ0) is 9.47. The molecule has 2 heterocycles. The molecule has 0 aliphatic carbocycles. The van der Waals surface area contributed by atoms with Crippen LogP contribution in [0.1, 0.15) is 25.6 Å². The third-order valence-corrected chi connectivity index (χ3v) is 2.25. The Kier molecular flexibility index (Phi) is 1.83. The molecule has 0 spiro atoms. The van der Waals surface area contributed by atoms with Crippen LogP contribution < -0.4 is 5.32 Å². The standard InChI is InChI=1S/C8H13FN4/c1-8(2,9)7-5-13(12-11-7)6-3-10-4-6/h5-6,10H,3-4H2,1-2H3. The fourth-order valence-electron chi connectivity index (χ4n) is 1.19. The Bertz CT molecular complexity index is 297. The Morgan fingerprint density at radius 2 is 2.31 bits per heavy atom. The highest BCUT2D eigenvalue weighted by molar-refractivity contribution is 5.04. The molecule has 5 heteroatoms. The van der Waals surface area contributed by atoms with Gasteiger partial charge < -0.3 is 5.32 Å². The van der Waals surface area contributed by atoms with Crippen LogP contribution in [0.4, 0.5) is 4.39 Å². The van der Waals surface area contributed by atoms with Crippen molar-refractivity contribution in [2.45, 2.75) is 25.6 Å². The van der Waals surface area contributed by atoms with Gasteiger partial charge in [-0.05, 0) is 13.8 Å². The van der Waals surface area contributed by atoms with Gasteiger partial charge in [-0.2, -0.15) is 0 Å². The fourth-order valence-corrected chi connectivity index (χ4v) is 1.19. The lowest BCUT2D eigenvalue weighted by Crippen LogP contribution is -2.43. The molecule has 0 radical (unpaired) electrons. The number of halogens is 1. The summed E-state index contributed by atoms with van der Waals surface area (Å²) in [6.45, 7) is 4.77. The molecule has 1 saturated heterocycles. The second kappa shape index (κ2) is 2.77. The zero-order valence-electron chi connectivity index (χ0n) is 7.79. The molecule has 13 heavy (non-hydrogen) atoms. The van der Waals surface area contributed by atoms with Crippen molar-refractivity contribution in [2.75, 3.05) is 13.1 Å². The smallest absolute Gasteiger partial charge is 0.150 e. The van der Waals surface area contributed by atoms with Gasteiger partial charge in [0.2, 0.25) is 0 Å². The molecule has 0 atom stereocenters. The van der Waals surface area contributed by atoms with Crippen LogP contribution in [0.3, 0.4) is 0 Å². The van der Waals surface area contributed by atoms with E-state index in [1.807, 2.05) is 0 Å². The maximum Gasteiger partial charge on any atom is 0.150 e. The monoisotopic (exact) mass is 184 g/mol. The molecular weight excluding hydrogens is 171 g/mol. The van der Waals surface area contributed by atoms with Crippen molar-refractivity contribution in [1.29, 1.82) is 0 Å². The van der Waals surface area contributed by atoms with Crippen LogP contribution in [-0.4, -0.2) is 28.1 Å². The summed E-state index contributed by atoms with van der Waals surface area (Å²) in [7, 11) is 0. The molecule has 1 fully saturated rings. The van der Waals surface area contributed by atoms with E-state index in [0.717, 1.165) is 13.1 Å². The first-order valence-corrected chi connectivity index (χ1v) is 4.39. The molecule has 72 valence electrons. The molecule has 0 amide bonds. The largest absolute Gasteiger partial charge is 0.312 e. The van der Waals surface area contributed by atoms with Crippen LogP contribution >= 0.6 is 0 Å². The molecule has 1 aliphatic heterocycles. The molecule has 1 N–H and O–H groups in total. The number of hydrogen-bond donors (Lipinski definition) is 1. The van der Waals surface area contributed by atoms with E-state index in [9.17, 15) is 4.39 Å². The first-order valence-electron chi connectivity index (χ1n) is 4.39. The molecule has 0 unspecified atom stereocenters. The maximum absolute atomic E-state index is 13.4. The minimum Gasteiger partial charge on any atom is -0.312 e. The van der Waals surface area contributed by atoms with E-state index in [1.165, 1.54) is 13.8 Å². The summed E-state index contributed by atoms with van der Waals surface area (Å²) in [5, 5.41) is 10.8. The predicted octanol–water partition coefficient (Wildman–Crippen LogP) is 0.627. The van der Waals surface area contributed by atoms with E-state index in [1.54, 1.807) is 10.9 Å². The average Bonchev–Trinajstić information content (AvgIpc) is 2.29. The van der Waals surface area contributed by atoms with Gasteiger partial charge in [-0.3, -0.25) is 0 Å². The first-order chi connectivity index (χ1) is 6.07. The lowest BCUT2D eigenvalue weighted by atomic mass is 10.1. The lowest BCUT2D eigenvalue weighted by Gasteiger charge is -2.26. The minimum absolute atomic E-state index is 0.351. The van der Waals surface area contributed by atoms with Crippen LogP contribution in [0.5, 0.6) is 0 Å². The maximum atomic E-state index is 13.4. The summed E-state index contributed by atoms with van der Waals surface area (Å²) < 4.78 is 15.1. The number of hydrogen-bond acceptors (Lipinski definition) is 3. The molecule has 0 bridgehead atoms. The third-order valence-electron chi connectivity index (χ3n) is 2.25. The quantitative estimate of drug-likeness (QED) is 0.733. The molecule has 1 aromatic rings. The average molecular weight is 184 g/mol. The van der Waals surface area contributed by atoms with Crippen molar-refractivity contribution >= 4 is 0 Å². The number of aromatic nitrogens is 3. The van der Waals surface area contributed by atoms with Gasteiger partial charge in [-0.15, -0.1) is 5.10 Å². The van der Waals surface area contributed by atoms with Gasteiger partial charge in [-0.1, -0.05) is 5.21 Å². The van der Waals surface area contributed by atoms with E-state index in [0.29, 0.717) is 11.7 Å². The summed E-state index contributed by atoms with van der Waals surface area (Å²) in [6.07, 6.45) is 1.69. The lowest BCUT2D eigenvalue weighted by molar-refractivity contribution is 0.214. The third kappa shape index (κ3) is 1.56. The molecule has 2 rings (SSSR count). The Hall–Kier alpha value is -0.970. The van der Waals surface area contributed by atoms with Crippen molar-refractivity contribution in [3.63, 3.8) is 0 Å². The van der Waals surface area contributed by atoms with Gasteiger partial charge in [-0.25, -0.2) is 9.07 Å². The van der Waals surface area contributed by atoms with Crippen LogP contribution in [-0.2, 0) is 5.67 Å². The predicted molar refractivity (Wildman–Crippen MR) is 46.1 cm³/mol. The van der Waals surface area contributed by atoms with Crippen LogP contribution in [0.2, 0.25) is 0 Å². The van der Waals surface area contributed by atoms with Crippen molar-refractivity contribution in [2.24, 2.45) is 0 Å². The van der Waals surface area contributed by atoms with E-state index in [2.05, 4.69) is 15.6 Å². The fraction of sp³-hybridized carbons (Fsp3) is 0.750. The highest BCUT2D eigenvalue weighted by atomic mass is 19.1. The number of alkyl halides is 1. The van der Waals surface area contributed by atoms with Crippen molar-refractivity contribution in [3.05, 3.63) is 11.9 Å². The van der Waals surface area contributed by atoms with E-state index >= 15 is 0 Å². The van der Waals surface area contributed by atoms with Crippen LogP contribution in [0.15, 0.2) is 6.20 Å². The number of nitrogens with zero attached hydrogens (tertiary/aromatic N) is 3. The summed E-state index contributed by atoms with van der Waals surface area (Å²) >= 11 is 0. The number of nitrogens with one attached hydrogen (secondary N) is 1. The van der Waals surface area contributed by atoms with Crippen molar-refractivity contribution in [1.82, 2.24) is 20.3 Å². The summed E-state index contributed by atoms with van der Waals surface area (Å²) in [5.74, 6) is 0. The Labute approximate surface area is 76.1 Å².